The van der Waals surface area contributed by atoms with Gasteiger partial charge in [0.2, 0.25) is 5.75 Å². The van der Waals surface area contributed by atoms with Gasteiger partial charge in [0.25, 0.3) is 0 Å². The minimum atomic E-state index is -2.12. The lowest BCUT2D eigenvalue weighted by molar-refractivity contribution is -0.325. The zero-order valence-electron chi connectivity index (χ0n) is 18.3. The van der Waals surface area contributed by atoms with Gasteiger partial charge >= 0.3 is 5.97 Å². The van der Waals surface area contributed by atoms with Crippen LogP contribution in [0.2, 0.25) is 0 Å². The maximum atomic E-state index is 12.5. The summed E-state index contributed by atoms with van der Waals surface area (Å²) in [5, 5.41) is 70.4. The number of hydrogen-bond donors (Lipinski definition) is 7. The Morgan fingerprint density at radius 1 is 1.12 bits per heavy atom. The standard InChI is InChI=1S/C20H28O14/c1-29-9-3-8(4-10(30-2)12(9)22)17(26)31-6-20(28)7-32-19(16(20)25)34-15-14(24)13(23)11(5-21)33-18(15)27/h3-4,11,13-16,18-19,21-25,27-28H,5-7H2,1-2H3/t11-,13-,14+,15-,16+,18-,19+,20-/m1/s1. The lowest BCUT2D eigenvalue weighted by atomic mass is 9.98. The van der Waals surface area contributed by atoms with Crippen LogP contribution in [-0.2, 0) is 18.9 Å². The van der Waals surface area contributed by atoms with Gasteiger partial charge in [-0.05, 0) is 12.1 Å². The second-order valence-corrected chi connectivity index (χ2v) is 7.86. The van der Waals surface area contributed by atoms with Crippen molar-refractivity contribution in [3.05, 3.63) is 17.7 Å². The Morgan fingerprint density at radius 2 is 1.74 bits per heavy atom. The molecule has 14 heteroatoms. The predicted octanol–water partition coefficient (Wildman–Crippen LogP) is -3.17. The lowest BCUT2D eigenvalue weighted by Crippen LogP contribution is -2.61. The molecule has 0 radical (unpaired) electrons. The van der Waals surface area contributed by atoms with Gasteiger partial charge in [-0.25, -0.2) is 4.79 Å². The first-order valence-corrected chi connectivity index (χ1v) is 10.2. The van der Waals surface area contributed by atoms with Gasteiger partial charge in [-0.2, -0.15) is 0 Å². The van der Waals surface area contributed by atoms with Crippen LogP contribution in [0.4, 0.5) is 0 Å². The molecule has 3 rings (SSSR count). The maximum absolute atomic E-state index is 12.5. The van der Waals surface area contributed by atoms with Gasteiger partial charge in [-0.1, -0.05) is 0 Å². The van der Waals surface area contributed by atoms with Crippen molar-refractivity contribution < 1.29 is 69.0 Å². The number of phenols is 1. The number of benzene rings is 1. The molecule has 2 aliphatic heterocycles. The van der Waals surface area contributed by atoms with Crippen LogP contribution in [0, 0.1) is 0 Å². The van der Waals surface area contributed by atoms with Crippen LogP contribution in [0.3, 0.4) is 0 Å². The molecule has 0 aliphatic carbocycles. The molecular formula is C20H28O14. The van der Waals surface area contributed by atoms with E-state index in [-0.39, 0.29) is 22.8 Å². The number of ether oxygens (including phenoxy) is 6. The molecule has 0 saturated carbocycles. The van der Waals surface area contributed by atoms with E-state index in [9.17, 15) is 35.4 Å². The molecule has 34 heavy (non-hydrogen) atoms. The highest BCUT2D eigenvalue weighted by atomic mass is 16.7. The van der Waals surface area contributed by atoms with Crippen molar-refractivity contribution >= 4 is 5.97 Å². The number of hydrogen-bond acceptors (Lipinski definition) is 14. The molecule has 1 aromatic carbocycles. The third-order valence-electron chi connectivity index (χ3n) is 5.61. The fourth-order valence-corrected chi connectivity index (χ4v) is 3.56. The van der Waals surface area contributed by atoms with Crippen LogP contribution in [0.15, 0.2) is 12.1 Å². The van der Waals surface area contributed by atoms with Crippen molar-refractivity contribution in [1.29, 1.82) is 0 Å². The molecule has 2 heterocycles. The summed E-state index contributed by atoms with van der Waals surface area (Å²) in [5.41, 5.74) is -2.20. The third kappa shape index (κ3) is 5.05. The van der Waals surface area contributed by atoms with Crippen molar-refractivity contribution in [2.75, 3.05) is 34.0 Å². The SMILES string of the molecule is COc1cc(C(=O)OC[C@@]2(O)CO[C@@H](O[C@@H]3[C@@H](O)[C@H](O)[C@@H](CO)O[C@H]3O)[C@@H]2O)cc(OC)c1O. The van der Waals surface area contributed by atoms with Crippen LogP contribution in [0.25, 0.3) is 0 Å². The summed E-state index contributed by atoms with van der Waals surface area (Å²) < 4.78 is 30.5. The first kappa shape index (κ1) is 26.3. The van der Waals surface area contributed by atoms with Crippen LogP contribution in [0.1, 0.15) is 10.4 Å². The zero-order valence-corrected chi connectivity index (χ0v) is 18.3. The topological polar surface area (TPSA) is 214 Å². The number of carbonyl (C=O) groups is 1. The van der Waals surface area contributed by atoms with Crippen LogP contribution in [-0.4, -0.2) is 124 Å². The second-order valence-electron chi connectivity index (χ2n) is 7.86. The predicted molar refractivity (Wildman–Crippen MR) is 107 cm³/mol. The van der Waals surface area contributed by atoms with Crippen molar-refractivity contribution in [1.82, 2.24) is 0 Å². The Hall–Kier alpha value is -2.27. The van der Waals surface area contributed by atoms with E-state index < -0.39 is 74.5 Å². The Bertz CT molecular complexity index is 839. The van der Waals surface area contributed by atoms with Crippen molar-refractivity contribution in [3.63, 3.8) is 0 Å². The number of methoxy groups -OCH3 is 2. The summed E-state index contributed by atoms with van der Waals surface area (Å²) in [5.74, 6) is -1.38. The highest BCUT2D eigenvalue weighted by Crippen LogP contribution is 2.37. The molecule has 7 N–H and O–H groups in total. The summed E-state index contributed by atoms with van der Waals surface area (Å²) in [4.78, 5) is 12.5. The average Bonchev–Trinajstić information content (AvgIpc) is 3.11. The quantitative estimate of drug-likeness (QED) is 0.178. The number of phenolic OH excluding ortho intramolecular Hbond substituents is 1. The largest absolute Gasteiger partial charge is 0.502 e. The van der Waals surface area contributed by atoms with E-state index in [1.807, 2.05) is 0 Å². The Balaban J connectivity index is 1.63. The summed E-state index contributed by atoms with van der Waals surface area (Å²) in [6.07, 6.45) is -11.3. The van der Waals surface area contributed by atoms with Gasteiger partial charge < -0.3 is 64.2 Å². The van der Waals surface area contributed by atoms with E-state index in [0.717, 1.165) is 0 Å². The maximum Gasteiger partial charge on any atom is 0.338 e. The molecule has 0 spiro atoms. The third-order valence-corrected chi connectivity index (χ3v) is 5.61. The number of carbonyl (C=O) groups excluding carboxylic acids is 1. The molecule has 2 aliphatic rings. The molecule has 0 bridgehead atoms. The van der Waals surface area contributed by atoms with Crippen LogP contribution >= 0.6 is 0 Å². The summed E-state index contributed by atoms with van der Waals surface area (Å²) in [7, 11) is 2.54. The van der Waals surface area contributed by atoms with Crippen LogP contribution < -0.4 is 9.47 Å². The first-order valence-electron chi connectivity index (χ1n) is 10.2. The molecule has 8 atom stereocenters. The van der Waals surface area contributed by atoms with Gasteiger partial charge in [0, 0.05) is 0 Å². The Labute approximate surface area is 193 Å². The number of aromatic hydroxyl groups is 1. The van der Waals surface area contributed by atoms with E-state index in [1.54, 1.807) is 0 Å². The lowest BCUT2D eigenvalue weighted by Gasteiger charge is -2.40. The smallest absolute Gasteiger partial charge is 0.338 e. The van der Waals surface area contributed by atoms with Crippen LogP contribution in [0.5, 0.6) is 17.2 Å². The number of esters is 1. The number of rotatable bonds is 8. The van der Waals surface area contributed by atoms with E-state index in [4.69, 9.17) is 33.5 Å². The molecule has 2 saturated heterocycles. The van der Waals surface area contributed by atoms with Crippen molar-refractivity contribution in [3.8, 4) is 17.2 Å². The average molecular weight is 492 g/mol. The molecule has 1 aromatic rings. The molecule has 0 amide bonds. The van der Waals surface area contributed by atoms with E-state index in [1.165, 1.54) is 26.4 Å². The number of aliphatic hydroxyl groups excluding tert-OH is 5. The highest BCUT2D eigenvalue weighted by molar-refractivity contribution is 5.91. The number of aliphatic hydroxyl groups is 6. The van der Waals surface area contributed by atoms with E-state index in [0.29, 0.717) is 0 Å². The van der Waals surface area contributed by atoms with E-state index >= 15 is 0 Å². The van der Waals surface area contributed by atoms with Crippen molar-refractivity contribution in [2.45, 2.75) is 48.7 Å². The normalized spacial score (nSPS) is 35.7. The van der Waals surface area contributed by atoms with Gasteiger partial charge in [-0.3, -0.25) is 0 Å². The minimum Gasteiger partial charge on any atom is -0.502 e. The Kier molecular flexibility index (Phi) is 8.18. The van der Waals surface area contributed by atoms with Gasteiger partial charge in [0.1, 0.15) is 37.1 Å². The summed E-state index contributed by atoms with van der Waals surface area (Å²) >= 11 is 0. The molecule has 2 fully saturated rings. The summed E-state index contributed by atoms with van der Waals surface area (Å²) in [6, 6.07) is 2.38. The molecule has 0 aromatic heterocycles. The van der Waals surface area contributed by atoms with Gasteiger partial charge in [0.15, 0.2) is 29.7 Å². The zero-order chi connectivity index (χ0) is 25.2. The first-order chi connectivity index (χ1) is 16.1. The molecule has 14 nitrogen and oxygen atoms in total. The fourth-order valence-electron chi connectivity index (χ4n) is 3.56. The Morgan fingerprint density at radius 3 is 2.29 bits per heavy atom. The highest BCUT2D eigenvalue weighted by Gasteiger charge is 2.53. The second kappa shape index (κ2) is 10.6. The monoisotopic (exact) mass is 492 g/mol. The fraction of sp³-hybridized carbons (Fsp3) is 0.650. The van der Waals surface area contributed by atoms with Crippen molar-refractivity contribution in [2.24, 2.45) is 0 Å². The summed E-state index contributed by atoms with van der Waals surface area (Å²) in [6.45, 7) is -1.95. The molecule has 0 unspecified atom stereocenters. The van der Waals surface area contributed by atoms with E-state index in [2.05, 4.69) is 0 Å². The van der Waals surface area contributed by atoms with Gasteiger partial charge in [0.05, 0.1) is 33.0 Å². The van der Waals surface area contributed by atoms with Gasteiger partial charge in [-0.15, -0.1) is 0 Å². The molecular weight excluding hydrogens is 464 g/mol. The minimum absolute atomic E-state index is 0.0554. The molecule has 192 valence electrons.